The number of carbonyl (C=O) groups is 1. The molecule has 0 aromatic heterocycles. The summed E-state index contributed by atoms with van der Waals surface area (Å²) < 4.78 is 0. The predicted molar refractivity (Wildman–Crippen MR) is 38.5 cm³/mol. The first-order valence-electron chi connectivity index (χ1n) is 3.53. The minimum Gasteiger partial charge on any atom is -0.351 e. The topological polar surface area (TPSA) is 67.2 Å². The maximum Gasteiger partial charge on any atom is 0.233 e. The third kappa shape index (κ3) is 1.97. The van der Waals surface area contributed by atoms with Gasteiger partial charge in [0.05, 0.1) is 6.54 Å². The normalized spacial score (nSPS) is 24.7. The molecule has 58 valence electrons. The molecule has 0 aliphatic carbocycles. The molecule has 1 heterocycles. The van der Waals surface area contributed by atoms with Crippen LogP contribution in [0.15, 0.2) is 0 Å². The van der Waals surface area contributed by atoms with Gasteiger partial charge in [-0.25, -0.2) is 0 Å². The zero-order valence-corrected chi connectivity index (χ0v) is 5.89. The fraction of sp³-hybridized carbons (Fsp3) is 0.833. The Morgan fingerprint density at radius 2 is 2.60 bits per heavy atom. The average molecular weight is 143 g/mol. The smallest absolute Gasteiger partial charge is 0.233 e. The van der Waals surface area contributed by atoms with E-state index in [0.717, 1.165) is 19.5 Å². The van der Waals surface area contributed by atoms with Crippen LogP contribution in [0.2, 0.25) is 0 Å². The Bertz CT molecular complexity index is 120. The molecule has 4 heteroatoms. The van der Waals surface area contributed by atoms with Crippen LogP contribution in [0.25, 0.3) is 0 Å². The highest BCUT2D eigenvalue weighted by Gasteiger charge is 2.14. The number of carbonyl (C=O) groups excluding carboxylic acids is 1. The summed E-state index contributed by atoms with van der Waals surface area (Å²) in [6, 6.07) is 0.302. The molecule has 10 heavy (non-hydrogen) atoms. The Labute approximate surface area is 60.2 Å². The molecular weight excluding hydrogens is 130 g/mol. The van der Waals surface area contributed by atoms with Gasteiger partial charge in [0.1, 0.15) is 0 Å². The lowest BCUT2D eigenvalue weighted by Crippen LogP contribution is -2.39. The molecule has 4 N–H and O–H groups in total. The van der Waals surface area contributed by atoms with Crippen LogP contribution >= 0.6 is 0 Å². The first-order valence-corrected chi connectivity index (χ1v) is 3.53. The molecule has 0 saturated carbocycles. The molecule has 0 aromatic carbocycles. The average Bonchev–Trinajstić information content (AvgIpc) is 2.40. The van der Waals surface area contributed by atoms with E-state index in [2.05, 4.69) is 10.6 Å². The number of amides is 1. The lowest BCUT2D eigenvalue weighted by Gasteiger charge is -2.08. The Morgan fingerprint density at radius 1 is 1.80 bits per heavy atom. The van der Waals surface area contributed by atoms with E-state index in [9.17, 15) is 4.79 Å². The highest BCUT2D eigenvalue weighted by atomic mass is 16.1. The van der Waals surface area contributed by atoms with E-state index < -0.39 is 0 Å². The fourth-order valence-electron chi connectivity index (χ4n) is 1.06. The predicted octanol–water partition coefficient (Wildman–Crippen LogP) is -1.58. The molecule has 0 unspecified atom stereocenters. The zero-order valence-electron chi connectivity index (χ0n) is 5.89. The van der Waals surface area contributed by atoms with E-state index in [4.69, 9.17) is 5.73 Å². The summed E-state index contributed by atoms with van der Waals surface area (Å²) in [5.41, 5.74) is 5.12. The van der Waals surface area contributed by atoms with Gasteiger partial charge in [0.2, 0.25) is 5.91 Å². The molecule has 0 spiro atoms. The first-order chi connectivity index (χ1) is 4.83. The standard InChI is InChI=1S/C6H13N3O/c7-3-6(10)9-5-1-2-8-4-5/h5,8H,1-4,7H2,(H,9,10)/t5-/m0/s1. The molecule has 0 aromatic rings. The van der Waals surface area contributed by atoms with Gasteiger partial charge in [-0.15, -0.1) is 0 Å². The second kappa shape index (κ2) is 3.53. The van der Waals surface area contributed by atoms with Gasteiger partial charge in [-0.05, 0) is 13.0 Å². The van der Waals surface area contributed by atoms with Crippen LogP contribution in [0.3, 0.4) is 0 Å². The fourth-order valence-corrected chi connectivity index (χ4v) is 1.06. The van der Waals surface area contributed by atoms with Crippen molar-refractivity contribution in [3.05, 3.63) is 0 Å². The van der Waals surface area contributed by atoms with Gasteiger partial charge in [-0.1, -0.05) is 0 Å². The lowest BCUT2D eigenvalue weighted by atomic mass is 10.2. The van der Waals surface area contributed by atoms with E-state index in [-0.39, 0.29) is 12.5 Å². The summed E-state index contributed by atoms with van der Waals surface area (Å²) in [5, 5.41) is 5.95. The molecule has 0 radical (unpaired) electrons. The molecule has 1 fully saturated rings. The summed E-state index contributed by atoms with van der Waals surface area (Å²) in [5.74, 6) is -0.0614. The van der Waals surface area contributed by atoms with E-state index in [1.165, 1.54) is 0 Å². The zero-order chi connectivity index (χ0) is 7.40. The van der Waals surface area contributed by atoms with Gasteiger partial charge < -0.3 is 16.4 Å². The van der Waals surface area contributed by atoms with Gasteiger partial charge in [0.15, 0.2) is 0 Å². The maximum absolute atomic E-state index is 10.7. The van der Waals surface area contributed by atoms with E-state index in [1.54, 1.807) is 0 Å². The van der Waals surface area contributed by atoms with Crippen molar-refractivity contribution >= 4 is 5.91 Å². The quantitative estimate of drug-likeness (QED) is 0.437. The summed E-state index contributed by atoms with van der Waals surface area (Å²) >= 11 is 0. The van der Waals surface area contributed by atoms with E-state index >= 15 is 0 Å². The molecule has 4 nitrogen and oxygen atoms in total. The van der Waals surface area contributed by atoms with Crippen molar-refractivity contribution < 1.29 is 4.79 Å². The van der Waals surface area contributed by atoms with Crippen molar-refractivity contribution in [2.75, 3.05) is 19.6 Å². The minimum atomic E-state index is -0.0614. The van der Waals surface area contributed by atoms with Crippen LogP contribution in [0.1, 0.15) is 6.42 Å². The van der Waals surface area contributed by atoms with Crippen LogP contribution in [-0.2, 0) is 4.79 Å². The Hall–Kier alpha value is -0.610. The van der Waals surface area contributed by atoms with Gasteiger partial charge in [0, 0.05) is 12.6 Å². The highest BCUT2D eigenvalue weighted by Crippen LogP contribution is 1.95. The minimum absolute atomic E-state index is 0.0614. The van der Waals surface area contributed by atoms with Crippen molar-refractivity contribution in [2.24, 2.45) is 5.73 Å². The van der Waals surface area contributed by atoms with Crippen molar-refractivity contribution in [1.82, 2.24) is 10.6 Å². The number of hydrogen-bond donors (Lipinski definition) is 3. The molecular formula is C6H13N3O. The van der Waals surface area contributed by atoms with Crippen LogP contribution < -0.4 is 16.4 Å². The largest absolute Gasteiger partial charge is 0.351 e. The third-order valence-electron chi connectivity index (χ3n) is 1.61. The Morgan fingerprint density at radius 3 is 3.10 bits per heavy atom. The number of rotatable bonds is 2. The molecule has 1 aliphatic rings. The molecule has 1 rings (SSSR count). The second-order valence-corrected chi connectivity index (χ2v) is 2.46. The van der Waals surface area contributed by atoms with Crippen molar-refractivity contribution in [2.45, 2.75) is 12.5 Å². The van der Waals surface area contributed by atoms with Crippen LogP contribution in [0.4, 0.5) is 0 Å². The Balaban J connectivity index is 2.17. The SMILES string of the molecule is NCC(=O)N[C@H]1CCNC1. The summed E-state index contributed by atoms with van der Waals surface area (Å²) in [6.07, 6.45) is 1.02. The van der Waals surface area contributed by atoms with Gasteiger partial charge in [-0.3, -0.25) is 4.79 Å². The number of nitrogens with one attached hydrogen (secondary N) is 2. The van der Waals surface area contributed by atoms with E-state index in [1.807, 2.05) is 0 Å². The van der Waals surface area contributed by atoms with Gasteiger partial charge >= 0.3 is 0 Å². The van der Waals surface area contributed by atoms with Crippen LogP contribution in [0, 0.1) is 0 Å². The van der Waals surface area contributed by atoms with Crippen molar-refractivity contribution in [3.8, 4) is 0 Å². The molecule has 1 atom stereocenters. The van der Waals surface area contributed by atoms with Gasteiger partial charge in [-0.2, -0.15) is 0 Å². The second-order valence-electron chi connectivity index (χ2n) is 2.46. The summed E-state index contributed by atoms with van der Waals surface area (Å²) in [6.45, 7) is 1.97. The highest BCUT2D eigenvalue weighted by molar-refractivity contribution is 5.78. The van der Waals surface area contributed by atoms with Crippen molar-refractivity contribution in [1.29, 1.82) is 0 Å². The number of hydrogen-bond acceptors (Lipinski definition) is 3. The molecule has 1 amide bonds. The molecule has 1 aliphatic heterocycles. The third-order valence-corrected chi connectivity index (χ3v) is 1.61. The molecule has 1 saturated heterocycles. The lowest BCUT2D eigenvalue weighted by molar-refractivity contribution is -0.120. The molecule has 0 bridgehead atoms. The first kappa shape index (κ1) is 7.50. The maximum atomic E-state index is 10.7. The van der Waals surface area contributed by atoms with Gasteiger partial charge in [0.25, 0.3) is 0 Å². The van der Waals surface area contributed by atoms with Crippen LogP contribution in [0.5, 0.6) is 0 Å². The number of nitrogens with two attached hydrogens (primary N) is 1. The summed E-state index contributed by atoms with van der Waals surface area (Å²) in [4.78, 5) is 10.7. The Kier molecular flexibility index (Phi) is 2.65. The van der Waals surface area contributed by atoms with Crippen LogP contribution in [-0.4, -0.2) is 31.6 Å². The summed E-state index contributed by atoms with van der Waals surface area (Å²) in [7, 11) is 0. The van der Waals surface area contributed by atoms with Crippen molar-refractivity contribution in [3.63, 3.8) is 0 Å². The monoisotopic (exact) mass is 143 g/mol. The van der Waals surface area contributed by atoms with E-state index in [0.29, 0.717) is 6.04 Å².